The van der Waals surface area contributed by atoms with Gasteiger partial charge in [0.2, 0.25) is 5.91 Å². The zero-order valence-electron chi connectivity index (χ0n) is 12.5. The lowest BCUT2D eigenvalue weighted by Gasteiger charge is -2.26. The Morgan fingerprint density at radius 3 is 2.32 bits per heavy atom. The Hall–Kier alpha value is -1.64. The van der Waals surface area contributed by atoms with Gasteiger partial charge in [-0.3, -0.25) is 9.59 Å². The summed E-state index contributed by atoms with van der Waals surface area (Å²) in [5, 5.41) is 2.83. The largest absolute Gasteiger partial charge is 0.355 e. The first-order valence-corrected chi connectivity index (χ1v) is 6.56. The Bertz CT molecular complexity index is 490. The normalized spacial score (nSPS) is 11.2. The molecule has 0 aliphatic carbocycles. The number of rotatable bonds is 5. The molecule has 1 amide bonds. The number of nitrogens with one attached hydrogen (secondary N) is 1. The van der Waals surface area contributed by atoms with Crippen LogP contribution >= 0.6 is 0 Å². The minimum Gasteiger partial charge on any atom is -0.355 e. The first kappa shape index (κ1) is 15.4. The summed E-state index contributed by atoms with van der Waals surface area (Å²) in [5.74, 6) is -0.314. The highest BCUT2D eigenvalue weighted by Crippen LogP contribution is 2.24. The number of aryl methyl sites for hydroxylation is 2. The number of hydrogen-bond donors (Lipinski definition) is 1. The van der Waals surface area contributed by atoms with Crippen molar-refractivity contribution in [1.29, 1.82) is 0 Å². The van der Waals surface area contributed by atoms with Crippen LogP contribution in [0, 0.1) is 13.8 Å². The van der Waals surface area contributed by atoms with E-state index in [9.17, 15) is 9.59 Å². The molecule has 0 aliphatic heterocycles. The molecule has 0 atom stereocenters. The summed E-state index contributed by atoms with van der Waals surface area (Å²) in [6.45, 7) is 10.3. The van der Waals surface area contributed by atoms with Gasteiger partial charge in [0.05, 0.1) is 6.42 Å². The molecule has 19 heavy (non-hydrogen) atoms. The molecule has 0 aromatic heterocycles. The second kappa shape index (κ2) is 6.00. The number of carbonyl (C=O) groups excluding carboxylic acids is 2. The highest BCUT2D eigenvalue weighted by Gasteiger charge is 2.22. The van der Waals surface area contributed by atoms with E-state index in [0.29, 0.717) is 6.54 Å². The molecule has 0 unspecified atom stereocenters. The van der Waals surface area contributed by atoms with Gasteiger partial charge >= 0.3 is 0 Å². The van der Waals surface area contributed by atoms with Gasteiger partial charge in [-0.15, -0.1) is 0 Å². The van der Waals surface area contributed by atoms with Crippen molar-refractivity contribution in [3.63, 3.8) is 0 Å². The molecule has 0 bridgehead atoms. The van der Waals surface area contributed by atoms with Gasteiger partial charge in [0.25, 0.3) is 0 Å². The monoisotopic (exact) mass is 261 g/mol. The fourth-order valence-corrected chi connectivity index (χ4v) is 1.87. The van der Waals surface area contributed by atoms with Crippen LogP contribution in [0.2, 0.25) is 0 Å². The lowest BCUT2D eigenvalue weighted by atomic mass is 9.83. The number of benzene rings is 1. The summed E-state index contributed by atoms with van der Waals surface area (Å²) >= 11 is 0. The highest BCUT2D eigenvalue weighted by molar-refractivity contribution is 5.96. The van der Waals surface area contributed by atoms with Crippen molar-refractivity contribution < 1.29 is 9.59 Å². The minimum atomic E-state index is -0.204. The van der Waals surface area contributed by atoms with Crippen LogP contribution in [0.25, 0.3) is 0 Å². The molecule has 1 rings (SSSR count). The molecule has 3 nitrogen and oxygen atoms in total. The Morgan fingerprint density at radius 1 is 1.16 bits per heavy atom. The van der Waals surface area contributed by atoms with E-state index in [1.807, 2.05) is 0 Å². The van der Waals surface area contributed by atoms with Gasteiger partial charge in [-0.25, -0.2) is 0 Å². The molecule has 1 N–H and O–H groups in total. The van der Waals surface area contributed by atoms with Gasteiger partial charge in [-0.05, 0) is 37.5 Å². The lowest BCUT2D eigenvalue weighted by Crippen LogP contribution is -2.37. The zero-order valence-corrected chi connectivity index (χ0v) is 12.5. The molecular weight excluding hydrogens is 238 g/mol. The second-order valence-electron chi connectivity index (χ2n) is 5.84. The fourth-order valence-electron chi connectivity index (χ4n) is 1.87. The van der Waals surface area contributed by atoms with Gasteiger partial charge < -0.3 is 5.32 Å². The van der Waals surface area contributed by atoms with Gasteiger partial charge in [0, 0.05) is 12.0 Å². The van der Waals surface area contributed by atoms with Crippen LogP contribution in [0.3, 0.4) is 0 Å². The number of ketones is 1. The molecule has 0 saturated carbocycles. The minimum absolute atomic E-state index is 0.0387. The van der Waals surface area contributed by atoms with Crippen molar-refractivity contribution >= 4 is 11.7 Å². The molecule has 0 radical (unpaired) electrons. The van der Waals surface area contributed by atoms with Gasteiger partial charge in [-0.1, -0.05) is 32.0 Å². The van der Waals surface area contributed by atoms with E-state index in [-0.39, 0.29) is 23.5 Å². The van der Waals surface area contributed by atoms with Crippen LogP contribution in [0.4, 0.5) is 0 Å². The maximum Gasteiger partial charge on any atom is 0.227 e. The van der Waals surface area contributed by atoms with Crippen LogP contribution in [-0.4, -0.2) is 18.2 Å². The molecule has 0 fully saturated rings. The molecule has 0 spiro atoms. The van der Waals surface area contributed by atoms with Crippen molar-refractivity contribution in [2.45, 2.75) is 46.5 Å². The third-order valence-corrected chi connectivity index (χ3v) is 3.43. The van der Waals surface area contributed by atoms with E-state index in [4.69, 9.17) is 0 Å². The molecule has 0 heterocycles. The van der Waals surface area contributed by atoms with Gasteiger partial charge in [0.15, 0.2) is 0 Å². The van der Waals surface area contributed by atoms with E-state index in [0.717, 1.165) is 0 Å². The van der Waals surface area contributed by atoms with E-state index < -0.39 is 0 Å². The quantitative estimate of drug-likeness (QED) is 0.828. The third kappa shape index (κ3) is 4.51. The van der Waals surface area contributed by atoms with Gasteiger partial charge in [0.1, 0.15) is 5.78 Å². The molecule has 104 valence electrons. The van der Waals surface area contributed by atoms with E-state index >= 15 is 0 Å². The number of Topliss-reactive ketones (excluding diaryl/α,β-unsaturated/α-hetero) is 1. The average molecular weight is 261 g/mol. The zero-order chi connectivity index (χ0) is 14.6. The predicted molar refractivity (Wildman–Crippen MR) is 77.2 cm³/mol. The number of hydrogen-bond acceptors (Lipinski definition) is 2. The second-order valence-corrected chi connectivity index (χ2v) is 5.84. The molecule has 3 heteroatoms. The molecule has 0 aliphatic rings. The Balaban J connectivity index is 2.72. The fraction of sp³-hybridized carbons (Fsp3) is 0.500. The van der Waals surface area contributed by atoms with Crippen molar-refractivity contribution in [2.75, 3.05) is 6.54 Å². The van der Waals surface area contributed by atoms with Crippen molar-refractivity contribution in [1.82, 2.24) is 5.32 Å². The summed E-state index contributed by atoms with van der Waals surface area (Å²) in [6, 6.07) is 6.36. The predicted octanol–water partition coefficient (Wildman–Crippen LogP) is 2.68. The summed E-state index contributed by atoms with van der Waals surface area (Å²) < 4.78 is 0. The first-order chi connectivity index (χ1) is 8.72. The summed E-state index contributed by atoms with van der Waals surface area (Å²) in [4.78, 5) is 22.4. The van der Waals surface area contributed by atoms with Crippen LogP contribution in [0.15, 0.2) is 18.2 Å². The van der Waals surface area contributed by atoms with Crippen molar-refractivity contribution in [3.8, 4) is 0 Å². The van der Waals surface area contributed by atoms with Crippen LogP contribution in [0.5, 0.6) is 0 Å². The highest BCUT2D eigenvalue weighted by atomic mass is 16.2. The standard InChI is InChI=1S/C16H23NO2/c1-11-6-7-14(8-12(11)2)16(4,5)10-17-15(19)9-13(3)18/h6-8H,9-10H2,1-5H3,(H,17,19). The van der Waals surface area contributed by atoms with Crippen molar-refractivity contribution in [2.24, 2.45) is 0 Å². The lowest BCUT2D eigenvalue weighted by molar-refractivity contribution is -0.127. The Morgan fingerprint density at radius 2 is 1.79 bits per heavy atom. The third-order valence-electron chi connectivity index (χ3n) is 3.43. The Kier molecular flexibility index (Phi) is 4.87. The molecule has 0 saturated heterocycles. The van der Waals surface area contributed by atoms with Gasteiger partial charge in [-0.2, -0.15) is 0 Å². The number of amides is 1. The SMILES string of the molecule is CC(=O)CC(=O)NCC(C)(C)c1ccc(C)c(C)c1. The Labute approximate surface area is 115 Å². The topological polar surface area (TPSA) is 46.2 Å². The maximum atomic E-state index is 11.5. The van der Waals surface area contributed by atoms with E-state index in [2.05, 4.69) is 51.2 Å². The van der Waals surface area contributed by atoms with Crippen LogP contribution in [0.1, 0.15) is 43.9 Å². The average Bonchev–Trinajstić information content (AvgIpc) is 2.29. The first-order valence-electron chi connectivity index (χ1n) is 6.56. The smallest absolute Gasteiger partial charge is 0.227 e. The maximum absolute atomic E-state index is 11.5. The summed E-state index contributed by atoms with van der Waals surface area (Å²) in [5.41, 5.74) is 3.56. The number of carbonyl (C=O) groups is 2. The van der Waals surface area contributed by atoms with Crippen LogP contribution in [-0.2, 0) is 15.0 Å². The van der Waals surface area contributed by atoms with E-state index in [1.165, 1.54) is 23.6 Å². The van der Waals surface area contributed by atoms with Crippen LogP contribution < -0.4 is 5.32 Å². The molecule has 1 aromatic carbocycles. The molecule has 1 aromatic rings. The molecular formula is C16H23NO2. The van der Waals surface area contributed by atoms with E-state index in [1.54, 1.807) is 0 Å². The summed E-state index contributed by atoms with van der Waals surface area (Å²) in [7, 11) is 0. The van der Waals surface area contributed by atoms with Crippen molar-refractivity contribution in [3.05, 3.63) is 34.9 Å². The summed E-state index contributed by atoms with van der Waals surface area (Å²) in [6.07, 6.45) is -0.0387.